The summed E-state index contributed by atoms with van der Waals surface area (Å²) in [4.78, 5) is 12.3. The molecule has 0 saturated heterocycles. The molecular formula is C18H23NO2. The first-order valence-electron chi connectivity index (χ1n) is 7.60. The van der Waals surface area contributed by atoms with Crippen LogP contribution in [-0.2, 0) is 0 Å². The van der Waals surface area contributed by atoms with E-state index in [9.17, 15) is 4.79 Å². The highest BCUT2D eigenvalue weighted by molar-refractivity contribution is 5.95. The van der Waals surface area contributed by atoms with E-state index in [2.05, 4.69) is 24.1 Å². The van der Waals surface area contributed by atoms with Crippen LogP contribution in [-0.4, -0.2) is 23.7 Å². The molecule has 0 aromatic heterocycles. The lowest BCUT2D eigenvalue weighted by atomic mass is 10.1. The van der Waals surface area contributed by atoms with Crippen LogP contribution in [0.4, 0.5) is 0 Å². The minimum atomic E-state index is -0.0305. The molecule has 1 amide bonds. The van der Waals surface area contributed by atoms with E-state index in [4.69, 9.17) is 5.11 Å². The van der Waals surface area contributed by atoms with E-state index < -0.39 is 0 Å². The van der Waals surface area contributed by atoms with Crippen molar-refractivity contribution < 1.29 is 9.90 Å². The summed E-state index contributed by atoms with van der Waals surface area (Å²) in [6.45, 7) is 4.08. The fraction of sp³-hybridized carbons (Fsp3) is 0.500. The van der Waals surface area contributed by atoms with E-state index in [0.29, 0.717) is 12.0 Å². The van der Waals surface area contributed by atoms with Gasteiger partial charge in [-0.1, -0.05) is 24.7 Å². The van der Waals surface area contributed by atoms with Crippen LogP contribution in [0.2, 0.25) is 0 Å². The predicted octanol–water partition coefficient (Wildman–Crippen LogP) is 2.65. The molecule has 1 aliphatic carbocycles. The average molecular weight is 285 g/mol. The highest BCUT2D eigenvalue weighted by Crippen LogP contribution is 2.33. The van der Waals surface area contributed by atoms with E-state index in [0.717, 1.165) is 23.5 Å². The third-order valence-corrected chi connectivity index (χ3v) is 3.57. The van der Waals surface area contributed by atoms with Crippen LogP contribution in [0, 0.1) is 24.7 Å². The molecule has 21 heavy (non-hydrogen) atoms. The number of carbonyl (C=O) groups excluding carboxylic acids is 1. The second kappa shape index (κ2) is 7.28. The SMILES string of the molecule is Cc1cc(C#CCCO)cc(C(=O)NC(C)CC2CC2)c1. The summed E-state index contributed by atoms with van der Waals surface area (Å²) in [6, 6.07) is 5.87. The fourth-order valence-electron chi connectivity index (χ4n) is 2.43. The predicted molar refractivity (Wildman–Crippen MR) is 84.0 cm³/mol. The molecule has 1 aromatic carbocycles. The Bertz CT molecular complexity index is 564. The summed E-state index contributed by atoms with van der Waals surface area (Å²) in [5, 5.41) is 11.8. The van der Waals surface area contributed by atoms with E-state index in [-0.39, 0.29) is 18.6 Å². The number of benzene rings is 1. The number of nitrogens with one attached hydrogen (secondary N) is 1. The quantitative estimate of drug-likeness (QED) is 0.817. The first-order chi connectivity index (χ1) is 10.1. The summed E-state index contributed by atoms with van der Waals surface area (Å²) >= 11 is 0. The Labute approximate surface area is 126 Å². The maximum atomic E-state index is 12.3. The van der Waals surface area contributed by atoms with Gasteiger partial charge in [0.2, 0.25) is 0 Å². The second-order valence-electron chi connectivity index (χ2n) is 5.92. The molecule has 112 valence electrons. The highest BCUT2D eigenvalue weighted by atomic mass is 16.2. The van der Waals surface area contributed by atoms with Gasteiger partial charge in [0, 0.05) is 23.6 Å². The lowest BCUT2D eigenvalue weighted by Crippen LogP contribution is -2.32. The highest BCUT2D eigenvalue weighted by Gasteiger charge is 2.24. The van der Waals surface area contributed by atoms with Gasteiger partial charge < -0.3 is 10.4 Å². The van der Waals surface area contributed by atoms with Gasteiger partial charge in [0.15, 0.2) is 0 Å². The first-order valence-corrected chi connectivity index (χ1v) is 7.60. The van der Waals surface area contributed by atoms with Crippen molar-refractivity contribution in [1.82, 2.24) is 5.32 Å². The molecule has 0 radical (unpaired) electrons. The Kier molecular flexibility index (Phi) is 5.41. The van der Waals surface area contributed by atoms with Crippen LogP contribution < -0.4 is 5.32 Å². The average Bonchev–Trinajstić information content (AvgIpc) is 3.22. The van der Waals surface area contributed by atoms with Gasteiger partial charge in [-0.3, -0.25) is 4.79 Å². The fourth-order valence-corrected chi connectivity index (χ4v) is 2.43. The molecule has 1 fully saturated rings. The maximum Gasteiger partial charge on any atom is 0.251 e. The molecule has 0 aliphatic heterocycles. The van der Waals surface area contributed by atoms with Gasteiger partial charge in [-0.2, -0.15) is 0 Å². The molecule has 1 aliphatic rings. The number of hydrogen-bond donors (Lipinski definition) is 2. The number of rotatable bonds is 5. The third-order valence-electron chi connectivity index (χ3n) is 3.57. The summed E-state index contributed by atoms with van der Waals surface area (Å²) in [7, 11) is 0. The van der Waals surface area contributed by atoms with Crippen LogP contribution in [0.1, 0.15) is 54.1 Å². The monoisotopic (exact) mass is 285 g/mol. The molecule has 2 N–H and O–H groups in total. The third kappa shape index (κ3) is 5.24. The normalized spacial score (nSPS) is 15.0. The molecule has 3 heteroatoms. The van der Waals surface area contributed by atoms with Crippen LogP contribution in [0.5, 0.6) is 0 Å². The molecule has 0 heterocycles. The molecule has 1 unspecified atom stereocenters. The molecule has 0 spiro atoms. The number of carbonyl (C=O) groups is 1. The van der Waals surface area contributed by atoms with Crippen molar-refractivity contribution in [3.05, 3.63) is 34.9 Å². The Morgan fingerprint density at radius 2 is 2.19 bits per heavy atom. The molecule has 0 bridgehead atoms. The van der Waals surface area contributed by atoms with Gasteiger partial charge in [-0.25, -0.2) is 0 Å². The van der Waals surface area contributed by atoms with E-state index >= 15 is 0 Å². The first kappa shape index (κ1) is 15.6. The zero-order valence-electron chi connectivity index (χ0n) is 12.8. The van der Waals surface area contributed by atoms with Gasteiger partial charge in [-0.15, -0.1) is 0 Å². The lowest BCUT2D eigenvalue weighted by Gasteiger charge is -2.13. The summed E-state index contributed by atoms with van der Waals surface area (Å²) in [5.41, 5.74) is 2.50. The zero-order chi connectivity index (χ0) is 15.2. The Balaban J connectivity index is 2.03. The van der Waals surface area contributed by atoms with Crippen molar-refractivity contribution in [2.24, 2.45) is 5.92 Å². The van der Waals surface area contributed by atoms with Crippen molar-refractivity contribution >= 4 is 5.91 Å². The summed E-state index contributed by atoms with van der Waals surface area (Å²) < 4.78 is 0. The van der Waals surface area contributed by atoms with Crippen LogP contribution in [0.15, 0.2) is 18.2 Å². The van der Waals surface area contributed by atoms with Crippen LogP contribution in [0.3, 0.4) is 0 Å². The van der Waals surface area contributed by atoms with Gasteiger partial charge in [0.25, 0.3) is 5.91 Å². The molecule has 1 atom stereocenters. The van der Waals surface area contributed by atoms with Gasteiger partial charge in [-0.05, 0) is 49.9 Å². The second-order valence-corrected chi connectivity index (χ2v) is 5.92. The van der Waals surface area contributed by atoms with E-state index in [1.165, 1.54) is 12.8 Å². The van der Waals surface area contributed by atoms with Crippen LogP contribution >= 0.6 is 0 Å². The van der Waals surface area contributed by atoms with Crippen molar-refractivity contribution in [2.45, 2.75) is 45.6 Å². The molecule has 3 nitrogen and oxygen atoms in total. The standard InChI is InChI=1S/C18H23NO2/c1-13-9-16(5-3-4-8-20)12-17(10-13)18(21)19-14(2)11-15-6-7-15/h9-10,12,14-15,20H,4,6-8,11H2,1-2H3,(H,19,21). The summed E-state index contributed by atoms with van der Waals surface area (Å²) in [6.07, 6.45) is 4.12. The minimum Gasteiger partial charge on any atom is -0.395 e. The molecule has 2 rings (SSSR count). The number of amides is 1. The van der Waals surface area contributed by atoms with Crippen molar-refractivity contribution in [3.8, 4) is 11.8 Å². The van der Waals surface area contributed by atoms with Gasteiger partial charge in [0.05, 0.1) is 6.61 Å². The van der Waals surface area contributed by atoms with E-state index in [1.807, 2.05) is 25.1 Å². The number of aliphatic hydroxyl groups is 1. The number of aliphatic hydroxyl groups excluding tert-OH is 1. The summed E-state index contributed by atoms with van der Waals surface area (Å²) in [5.74, 6) is 6.65. The zero-order valence-corrected chi connectivity index (χ0v) is 12.8. The largest absolute Gasteiger partial charge is 0.395 e. The van der Waals surface area contributed by atoms with E-state index in [1.54, 1.807) is 0 Å². The molecule has 1 saturated carbocycles. The smallest absolute Gasteiger partial charge is 0.251 e. The van der Waals surface area contributed by atoms with Crippen molar-refractivity contribution in [1.29, 1.82) is 0 Å². The van der Waals surface area contributed by atoms with Crippen molar-refractivity contribution in [3.63, 3.8) is 0 Å². The van der Waals surface area contributed by atoms with Gasteiger partial charge >= 0.3 is 0 Å². The van der Waals surface area contributed by atoms with Crippen LogP contribution in [0.25, 0.3) is 0 Å². The number of aryl methyl sites for hydroxylation is 1. The lowest BCUT2D eigenvalue weighted by molar-refractivity contribution is 0.0937. The Morgan fingerprint density at radius 1 is 1.43 bits per heavy atom. The maximum absolute atomic E-state index is 12.3. The van der Waals surface area contributed by atoms with Crippen molar-refractivity contribution in [2.75, 3.05) is 6.61 Å². The van der Waals surface area contributed by atoms with Gasteiger partial charge in [0.1, 0.15) is 0 Å². The molecular weight excluding hydrogens is 262 g/mol. The Morgan fingerprint density at radius 3 is 2.86 bits per heavy atom. The Hall–Kier alpha value is -1.79. The number of hydrogen-bond acceptors (Lipinski definition) is 2. The molecule has 1 aromatic rings. The topological polar surface area (TPSA) is 49.3 Å². The minimum absolute atomic E-state index is 0.0305.